The molecule has 1 aliphatic heterocycles. The highest BCUT2D eigenvalue weighted by Gasteiger charge is 2.43. The average Bonchev–Trinajstić information content (AvgIpc) is 2.75. The fourth-order valence-corrected chi connectivity index (χ4v) is 4.25. The van der Waals surface area contributed by atoms with Gasteiger partial charge in [-0.3, -0.25) is 9.69 Å². The number of likely N-dealkylation sites (tertiary alicyclic amines) is 1. The highest BCUT2D eigenvalue weighted by molar-refractivity contribution is 5.77. The summed E-state index contributed by atoms with van der Waals surface area (Å²) in [5.41, 5.74) is 1.53. The van der Waals surface area contributed by atoms with Crippen LogP contribution >= 0.6 is 0 Å². The molecule has 1 saturated heterocycles. The molecule has 5 nitrogen and oxygen atoms in total. The Balaban J connectivity index is 1.77. The van der Waals surface area contributed by atoms with Crippen LogP contribution in [-0.2, 0) is 22.5 Å². The van der Waals surface area contributed by atoms with Crippen molar-refractivity contribution >= 4 is 5.97 Å². The van der Waals surface area contributed by atoms with Crippen molar-refractivity contribution in [2.75, 3.05) is 26.8 Å². The van der Waals surface area contributed by atoms with Crippen molar-refractivity contribution in [1.29, 1.82) is 0 Å². The fraction of sp³-hybridized carbons (Fsp3) is 0.458. The number of aromatic hydroxyl groups is 1. The molecule has 1 fully saturated rings. The molecule has 0 aromatic heterocycles. The zero-order chi connectivity index (χ0) is 20.7. The fourth-order valence-electron chi connectivity index (χ4n) is 4.25. The number of hydrogen-bond acceptors (Lipinski definition) is 5. The van der Waals surface area contributed by atoms with Gasteiger partial charge in [0.25, 0.3) is 0 Å². The summed E-state index contributed by atoms with van der Waals surface area (Å²) in [6.45, 7) is 4.36. The SMILES string of the molecule is CCOC(=O)[C@@]1(CCc2ccccc2)CCCN(Cc2cccc(OC)c2O)C1. The van der Waals surface area contributed by atoms with Crippen LogP contribution in [0.1, 0.15) is 37.3 Å². The number of carbonyl (C=O) groups excluding carboxylic acids is 1. The van der Waals surface area contributed by atoms with Crippen LogP contribution in [0.2, 0.25) is 0 Å². The summed E-state index contributed by atoms with van der Waals surface area (Å²) in [6, 6.07) is 15.8. The zero-order valence-electron chi connectivity index (χ0n) is 17.4. The predicted octanol–water partition coefficient (Wildman–Crippen LogP) is 4.18. The number of phenolic OH excluding ortho intramolecular Hbond substituents is 1. The molecule has 156 valence electrons. The van der Waals surface area contributed by atoms with Crippen molar-refractivity contribution in [3.63, 3.8) is 0 Å². The van der Waals surface area contributed by atoms with Gasteiger partial charge in [-0.25, -0.2) is 0 Å². The summed E-state index contributed by atoms with van der Waals surface area (Å²) in [5, 5.41) is 10.5. The Kier molecular flexibility index (Phi) is 7.15. The van der Waals surface area contributed by atoms with Crippen LogP contribution < -0.4 is 4.74 Å². The standard InChI is InChI=1S/C24H31NO4/c1-3-29-23(27)24(15-13-19-9-5-4-6-10-19)14-8-16-25(18-24)17-20-11-7-12-21(28-2)22(20)26/h4-7,9-12,26H,3,8,13-18H2,1-2H3/t24-/m1/s1. The highest BCUT2D eigenvalue weighted by atomic mass is 16.5. The Hall–Kier alpha value is -2.53. The number of ether oxygens (including phenoxy) is 2. The lowest BCUT2D eigenvalue weighted by Crippen LogP contribution is -2.48. The molecule has 0 saturated carbocycles. The van der Waals surface area contributed by atoms with Crippen molar-refractivity contribution < 1.29 is 19.4 Å². The van der Waals surface area contributed by atoms with E-state index in [1.54, 1.807) is 13.2 Å². The van der Waals surface area contributed by atoms with Crippen LogP contribution in [0, 0.1) is 5.41 Å². The largest absolute Gasteiger partial charge is 0.504 e. The van der Waals surface area contributed by atoms with E-state index in [2.05, 4.69) is 17.0 Å². The Labute approximate surface area is 173 Å². The monoisotopic (exact) mass is 397 g/mol. The van der Waals surface area contributed by atoms with Gasteiger partial charge in [0.05, 0.1) is 19.1 Å². The van der Waals surface area contributed by atoms with E-state index in [0.29, 0.717) is 25.4 Å². The maximum Gasteiger partial charge on any atom is 0.313 e. The third-order valence-corrected chi connectivity index (χ3v) is 5.80. The van der Waals surface area contributed by atoms with Gasteiger partial charge >= 0.3 is 5.97 Å². The summed E-state index contributed by atoms with van der Waals surface area (Å²) in [6.07, 6.45) is 3.37. The lowest BCUT2D eigenvalue weighted by Gasteiger charge is -2.41. The minimum absolute atomic E-state index is 0.101. The van der Waals surface area contributed by atoms with Crippen molar-refractivity contribution in [3.8, 4) is 11.5 Å². The molecule has 0 bridgehead atoms. The number of phenols is 1. The number of rotatable bonds is 8. The van der Waals surface area contributed by atoms with Crippen LogP contribution in [0.4, 0.5) is 0 Å². The number of hydrogen-bond donors (Lipinski definition) is 1. The first-order valence-electron chi connectivity index (χ1n) is 10.4. The number of carbonyl (C=O) groups is 1. The molecule has 1 N–H and O–H groups in total. The van der Waals surface area contributed by atoms with Gasteiger partial charge in [-0.15, -0.1) is 0 Å². The third kappa shape index (κ3) is 5.10. The van der Waals surface area contributed by atoms with Crippen LogP contribution in [0.3, 0.4) is 0 Å². The number of benzene rings is 2. The molecular weight excluding hydrogens is 366 g/mol. The number of piperidine rings is 1. The van der Waals surface area contributed by atoms with E-state index in [9.17, 15) is 9.90 Å². The molecule has 2 aromatic rings. The highest BCUT2D eigenvalue weighted by Crippen LogP contribution is 2.38. The van der Waals surface area contributed by atoms with E-state index in [1.165, 1.54) is 5.56 Å². The average molecular weight is 398 g/mol. The summed E-state index contributed by atoms with van der Waals surface area (Å²) in [7, 11) is 1.55. The minimum atomic E-state index is -0.515. The number of nitrogens with zero attached hydrogens (tertiary/aromatic N) is 1. The lowest BCUT2D eigenvalue weighted by molar-refractivity contribution is -0.160. The Morgan fingerprint density at radius 2 is 1.97 bits per heavy atom. The van der Waals surface area contributed by atoms with Gasteiger partial charge in [0.1, 0.15) is 0 Å². The molecular formula is C24H31NO4. The number of aryl methyl sites for hydroxylation is 1. The molecule has 0 unspecified atom stereocenters. The first kappa shape index (κ1) is 21.2. The van der Waals surface area contributed by atoms with E-state index >= 15 is 0 Å². The van der Waals surface area contributed by atoms with Gasteiger partial charge in [-0.05, 0) is 50.8 Å². The molecule has 1 heterocycles. The summed E-state index contributed by atoms with van der Waals surface area (Å²) >= 11 is 0. The first-order valence-corrected chi connectivity index (χ1v) is 10.4. The van der Waals surface area contributed by atoms with Crippen LogP contribution in [-0.4, -0.2) is 42.8 Å². The van der Waals surface area contributed by atoms with Gasteiger partial charge in [0, 0.05) is 18.7 Å². The molecule has 5 heteroatoms. The lowest BCUT2D eigenvalue weighted by atomic mass is 9.75. The van der Waals surface area contributed by atoms with Crippen molar-refractivity contribution in [1.82, 2.24) is 4.90 Å². The quantitative estimate of drug-likeness (QED) is 0.677. The zero-order valence-corrected chi connectivity index (χ0v) is 17.4. The number of para-hydroxylation sites is 1. The second kappa shape index (κ2) is 9.79. The van der Waals surface area contributed by atoms with Gasteiger partial charge in [0.2, 0.25) is 0 Å². The van der Waals surface area contributed by atoms with Crippen molar-refractivity contribution in [2.24, 2.45) is 5.41 Å². The summed E-state index contributed by atoms with van der Waals surface area (Å²) in [5.74, 6) is 0.544. The maximum atomic E-state index is 13.0. The molecule has 2 aromatic carbocycles. The van der Waals surface area contributed by atoms with Crippen molar-refractivity contribution in [3.05, 3.63) is 59.7 Å². The molecule has 0 amide bonds. The smallest absolute Gasteiger partial charge is 0.313 e. The second-order valence-corrected chi connectivity index (χ2v) is 7.77. The van der Waals surface area contributed by atoms with Crippen LogP contribution in [0.5, 0.6) is 11.5 Å². The Morgan fingerprint density at radius 1 is 1.17 bits per heavy atom. The predicted molar refractivity (Wildman–Crippen MR) is 113 cm³/mol. The summed E-state index contributed by atoms with van der Waals surface area (Å²) < 4.78 is 10.7. The van der Waals surface area contributed by atoms with Gasteiger partial charge in [-0.2, -0.15) is 0 Å². The van der Waals surface area contributed by atoms with E-state index in [-0.39, 0.29) is 11.7 Å². The van der Waals surface area contributed by atoms with E-state index in [1.807, 2.05) is 37.3 Å². The van der Waals surface area contributed by atoms with E-state index in [4.69, 9.17) is 9.47 Å². The normalized spacial score (nSPS) is 19.7. The molecule has 0 aliphatic carbocycles. The van der Waals surface area contributed by atoms with E-state index < -0.39 is 5.41 Å². The molecule has 3 rings (SSSR count). The van der Waals surface area contributed by atoms with Crippen molar-refractivity contribution in [2.45, 2.75) is 39.2 Å². The van der Waals surface area contributed by atoms with E-state index in [0.717, 1.165) is 37.8 Å². The topological polar surface area (TPSA) is 59.0 Å². The Morgan fingerprint density at radius 3 is 2.69 bits per heavy atom. The summed E-state index contributed by atoms with van der Waals surface area (Å²) in [4.78, 5) is 15.2. The second-order valence-electron chi connectivity index (χ2n) is 7.77. The minimum Gasteiger partial charge on any atom is -0.504 e. The van der Waals surface area contributed by atoms with Gasteiger partial charge in [0.15, 0.2) is 11.5 Å². The molecule has 0 radical (unpaired) electrons. The van der Waals surface area contributed by atoms with Gasteiger partial charge < -0.3 is 14.6 Å². The Bertz CT molecular complexity index is 808. The van der Waals surface area contributed by atoms with Crippen LogP contribution in [0.25, 0.3) is 0 Å². The maximum absolute atomic E-state index is 13.0. The number of methoxy groups -OCH3 is 1. The molecule has 1 aliphatic rings. The van der Waals surface area contributed by atoms with Gasteiger partial charge in [-0.1, -0.05) is 42.5 Å². The van der Waals surface area contributed by atoms with Crippen LogP contribution in [0.15, 0.2) is 48.5 Å². The first-order chi connectivity index (χ1) is 14.1. The number of esters is 1. The molecule has 0 spiro atoms. The molecule has 29 heavy (non-hydrogen) atoms. The molecule has 1 atom stereocenters. The third-order valence-electron chi connectivity index (χ3n) is 5.80.